The lowest BCUT2D eigenvalue weighted by Gasteiger charge is -2.18. The third kappa shape index (κ3) is 12.5. The number of likely N-dealkylation sites (N-methyl/N-ethyl adjacent to an activating group) is 2. The third-order valence-corrected chi connectivity index (χ3v) is 23.5. The number of carbonyl (C=O) groups excluding carboxylic acids is 2. The zero-order chi connectivity index (χ0) is 52.5. The number of carbonyl (C=O) groups is 2. The van der Waals surface area contributed by atoms with Crippen molar-refractivity contribution in [1.29, 1.82) is 0 Å². The fraction of sp³-hybridized carbons (Fsp3) is 0.531. The van der Waals surface area contributed by atoms with Crippen LogP contribution in [0.25, 0.3) is 50.4 Å². The Kier molecular flexibility index (Phi) is 20.6. The molecule has 6 aromatic rings. The molecule has 0 saturated carbocycles. The molecule has 2 aliphatic heterocycles. The minimum atomic E-state index is -0.0830. The summed E-state index contributed by atoms with van der Waals surface area (Å²) in [5.74, 6) is 2.41. The zero-order valence-corrected chi connectivity index (χ0v) is 51.3. The maximum atomic E-state index is 15.0. The van der Waals surface area contributed by atoms with Crippen LogP contribution in [0.5, 0.6) is 0 Å². The van der Waals surface area contributed by atoms with Gasteiger partial charge in [-0.25, -0.2) is 0 Å². The Morgan fingerprint density at radius 3 is 1.01 bits per heavy atom. The van der Waals surface area contributed by atoms with Gasteiger partial charge >= 0.3 is 0 Å². The maximum absolute atomic E-state index is 15.0. The average molecular weight is 1110 g/mol. The minimum absolute atomic E-state index is 0.0830. The second-order valence-corrected chi connectivity index (χ2v) is 27.6. The molecule has 2 aliphatic rings. The Labute approximate surface area is 470 Å². The van der Waals surface area contributed by atoms with E-state index >= 15 is 0 Å². The first kappa shape index (κ1) is 56.8. The fourth-order valence-corrected chi connectivity index (χ4v) is 18.6. The van der Waals surface area contributed by atoms with Crippen molar-refractivity contribution < 1.29 is 9.59 Å². The summed E-state index contributed by atoms with van der Waals surface area (Å²) in [5.41, 5.74) is 8.32. The van der Waals surface area contributed by atoms with Gasteiger partial charge < -0.3 is 9.80 Å². The van der Waals surface area contributed by atoms with Gasteiger partial charge in [0.1, 0.15) is 0 Å². The molecule has 2 amide bonds. The lowest BCUT2D eigenvalue weighted by molar-refractivity contribution is -0.123. The van der Waals surface area contributed by atoms with Crippen molar-refractivity contribution in [2.45, 2.75) is 184 Å². The third-order valence-electron chi connectivity index (χ3n) is 16.3. The summed E-state index contributed by atoms with van der Waals surface area (Å²) in [5, 5.41) is 4.56. The molecule has 4 atom stereocenters. The highest BCUT2D eigenvalue weighted by molar-refractivity contribution is 7.27. The van der Waals surface area contributed by atoms with Crippen molar-refractivity contribution in [2.75, 3.05) is 14.1 Å². The molecule has 0 spiro atoms. The van der Waals surface area contributed by atoms with Crippen LogP contribution in [0.3, 0.4) is 0 Å². The molecule has 0 radical (unpaired) electrons. The van der Waals surface area contributed by atoms with Crippen LogP contribution in [0.15, 0.2) is 70.4 Å². The predicted molar refractivity (Wildman–Crippen MR) is 329 cm³/mol. The SMILES string of the molecule is CCCCC(CC)Cc1ccsc1-c1ccc(-c2sc(C3=C4C(=O)N(C)C(c5cc(CC(CC)CCCC)c(-c6ccc(-c7sccc7CC(CC)CCCC)s6)s5)=C4C(=O)N3C)cc2CC(CC)CCCC)s1. The monoisotopic (exact) mass is 1100 g/mol. The first-order chi connectivity index (χ1) is 36.0. The molecule has 0 aliphatic carbocycles. The number of fused-ring (bicyclic) bond motifs is 1. The average Bonchev–Trinajstić information content (AvgIpc) is 4.30. The molecule has 10 heteroatoms. The number of hydrogen-bond donors (Lipinski definition) is 0. The Balaban J connectivity index is 1.19. The molecule has 0 aromatic carbocycles. The van der Waals surface area contributed by atoms with Crippen molar-refractivity contribution in [3.8, 4) is 39.0 Å². The second-order valence-electron chi connectivity index (χ2n) is 21.5. The Morgan fingerprint density at radius 1 is 0.392 bits per heavy atom. The largest absolute Gasteiger partial charge is 0.309 e. The van der Waals surface area contributed by atoms with Gasteiger partial charge in [0, 0.05) is 53.1 Å². The normalized spacial score (nSPS) is 15.6. The molecule has 8 heterocycles. The first-order valence-electron chi connectivity index (χ1n) is 28.6. The van der Waals surface area contributed by atoms with Crippen LogP contribution in [-0.4, -0.2) is 35.7 Å². The van der Waals surface area contributed by atoms with E-state index in [-0.39, 0.29) is 11.8 Å². The minimum Gasteiger partial charge on any atom is -0.309 e. The second kappa shape index (κ2) is 26.8. The first-order valence-corrected chi connectivity index (χ1v) is 33.7. The van der Waals surface area contributed by atoms with Gasteiger partial charge in [0.15, 0.2) is 0 Å². The molecule has 4 nitrogen and oxygen atoms in total. The summed E-state index contributed by atoms with van der Waals surface area (Å²) in [7, 11) is 3.79. The van der Waals surface area contributed by atoms with Crippen LogP contribution in [0.2, 0.25) is 0 Å². The van der Waals surface area contributed by atoms with Gasteiger partial charge in [0.25, 0.3) is 11.8 Å². The van der Waals surface area contributed by atoms with Gasteiger partial charge in [-0.15, -0.1) is 68.0 Å². The summed E-state index contributed by atoms with van der Waals surface area (Å²) < 4.78 is 0. The molecule has 74 heavy (non-hydrogen) atoms. The number of hydrogen-bond acceptors (Lipinski definition) is 8. The Bertz CT molecular complexity index is 2680. The lowest BCUT2D eigenvalue weighted by atomic mass is 9.91. The van der Waals surface area contributed by atoms with E-state index in [1.807, 2.05) is 59.4 Å². The molecule has 4 unspecified atom stereocenters. The fourth-order valence-electron chi connectivity index (χ4n) is 11.5. The van der Waals surface area contributed by atoms with Crippen LogP contribution in [0, 0.1) is 23.7 Å². The number of amides is 2. The molecule has 0 fully saturated rings. The highest BCUT2D eigenvalue weighted by Gasteiger charge is 2.48. The van der Waals surface area contributed by atoms with Crippen molar-refractivity contribution >= 4 is 91.2 Å². The summed E-state index contributed by atoms with van der Waals surface area (Å²) in [4.78, 5) is 46.2. The van der Waals surface area contributed by atoms with Gasteiger partial charge in [0.05, 0.1) is 32.3 Å². The van der Waals surface area contributed by atoms with E-state index in [2.05, 4.69) is 115 Å². The Morgan fingerprint density at radius 2 is 0.703 bits per heavy atom. The molecular weight excluding hydrogens is 1020 g/mol. The standard InChI is InChI=1S/C64H84N2O2S6/c1-11-19-23-41(15-5)35-45-31-33-69-59(45)49-27-29-51(71-49)61-47(37-43(17-7)25-21-13-3)39-53(73-61)57-55-56(64(68)65(57)9)58(66(10)63(55)67)54-40-48(38-44(18-8)26-22-14-4)62(74-54)52-30-28-50(72-52)60-46(32-34-70-60)36-42(16-6)24-20-12-2/h27-34,39-44H,11-26,35-38H2,1-10H3. The molecular formula is C64H84N2O2S6. The number of rotatable bonds is 30. The van der Waals surface area contributed by atoms with Gasteiger partial charge in [0.2, 0.25) is 0 Å². The van der Waals surface area contributed by atoms with E-state index < -0.39 is 0 Å². The van der Waals surface area contributed by atoms with Gasteiger partial charge in [-0.2, -0.15) is 0 Å². The van der Waals surface area contributed by atoms with Crippen LogP contribution in [0.1, 0.15) is 190 Å². The van der Waals surface area contributed by atoms with E-state index in [0.717, 1.165) is 59.7 Å². The molecule has 8 rings (SSSR count). The Hall–Kier alpha value is -3.38. The summed E-state index contributed by atoms with van der Waals surface area (Å²) in [6, 6.07) is 18.8. The van der Waals surface area contributed by atoms with E-state index in [1.165, 1.54) is 151 Å². The van der Waals surface area contributed by atoms with Crippen LogP contribution in [0.4, 0.5) is 0 Å². The zero-order valence-electron chi connectivity index (χ0n) is 46.4. The van der Waals surface area contributed by atoms with Crippen LogP contribution >= 0.6 is 68.0 Å². The summed E-state index contributed by atoms with van der Waals surface area (Å²) >= 11 is 11.1. The lowest BCUT2D eigenvalue weighted by Crippen LogP contribution is -2.24. The van der Waals surface area contributed by atoms with Crippen LogP contribution in [-0.2, 0) is 35.3 Å². The van der Waals surface area contributed by atoms with Crippen molar-refractivity contribution in [3.63, 3.8) is 0 Å². The summed E-state index contributed by atoms with van der Waals surface area (Å²) in [6.45, 7) is 18.6. The smallest absolute Gasteiger partial charge is 0.261 e. The van der Waals surface area contributed by atoms with Gasteiger partial charge in [-0.3, -0.25) is 9.59 Å². The van der Waals surface area contributed by atoms with Crippen LogP contribution < -0.4 is 0 Å². The maximum Gasteiger partial charge on any atom is 0.261 e. The highest BCUT2D eigenvalue weighted by Crippen LogP contribution is 2.53. The van der Waals surface area contributed by atoms with E-state index in [1.54, 1.807) is 32.5 Å². The highest BCUT2D eigenvalue weighted by atomic mass is 32.1. The van der Waals surface area contributed by atoms with E-state index in [4.69, 9.17) is 0 Å². The van der Waals surface area contributed by atoms with E-state index in [0.29, 0.717) is 34.8 Å². The quantitative estimate of drug-likeness (QED) is 0.0451. The number of unbranched alkanes of at least 4 members (excludes halogenated alkanes) is 4. The predicted octanol–water partition coefficient (Wildman–Crippen LogP) is 20.8. The van der Waals surface area contributed by atoms with Crippen molar-refractivity contribution in [2.24, 2.45) is 23.7 Å². The molecule has 0 bridgehead atoms. The number of thiophene rings is 6. The summed E-state index contributed by atoms with van der Waals surface area (Å²) in [6.07, 6.45) is 23.9. The molecule has 6 aromatic heterocycles. The molecule has 0 N–H and O–H groups in total. The van der Waals surface area contributed by atoms with Crippen molar-refractivity contribution in [1.82, 2.24) is 9.80 Å². The van der Waals surface area contributed by atoms with Crippen molar-refractivity contribution in [3.05, 3.63) is 102 Å². The molecule has 0 saturated heterocycles. The van der Waals surface area contributed by atoms with Gasteiger partial charge in [-0.1, -0.05) is 158 Å². The van der Waals surface area contributed by atoms with E-state index in [9.17, 15) is 9.59 Å². The number of nitrogens with zero attached hydrogens (tertiary/aromatic N) is 2. The molecule has 398 valence electrons. The van der Waals surface area contributed by atoms with Gasteiger partial charge in [-0.05, 0) is 131 Å². The topological polar surface area (TPSA) is 40.6 Å².